The predicted octanol–water partition coefficient (Wildman–Crippen LogP) is 0.0184. The van der Waals surface area contributed by atoms with E-state index in [2.05, 4.69) is 25.3 Å². The Morgan fingerprint density at radius 2 is 1.59 bits per heavy atom. The fourth-order valence-corrected chi connectivity index (χ4v) is 4.26. The molecule has 13 heteroatoms. The SMILES string of the molecule is CC(=O)NC(Cc1[nH]cnc1SSc1nc[nH]c1CC(N)C(=O)O)C(=O)O. The number of amides is 1. The van der Waals surface area contributed by atoms with E-state index in [9.17, 15) is 19.5 Å². The lowest BCUT2D eigenvalue weighted by molar-refractivity contribution is -0.141. The summed E-state index contributed by atoms with van der Waals surface area (Å²) in [6, 6.07) is -2.13. The summed E-state index contributed by atoms with van der Waals surface area (Å²) in [7, 11) is 2.47. The molecule has 7 N–H and O–H groups in total. The third-order valence-corrected chi connectivity index (χ3v) is 5.68. The molecule has 1 amide bonds. The highest BCUT2D eigenvalue weighted by atomic mass is 33.1. The number of nitrogens with one attached hydrogen (secondary N) is 3. The number of rotatable bonds is 10. The van der Waals surface area contributed by atoms with Crippen molar-refractivity contribution < 1.29 is 24.6 Å². The van der Waals surface area contributed by atoms with Crippen LogP contribution in [-0.2, 0) is 27.2 Å². The van der Waals surface area contributed by atoms with Crippen LogP contribution in [0.4, 0.5) is 0 Å². The fourth-order valence-electron chi connectivity index (χ4n) is 2.09. The van der Waals surface area contributed by atoms with Crippen LogP contribution in [0.25, 0.3) is 0 Å². The number of aliphatic carboxylic acids is 2. The van der Waals surface area contributed by atoms with Crippen molar-refractivity contribution in [3.05, 3.63) is 24.0 Å². The van der Waals surface area contributed by atoms with Gasteiger partial charge < -0.3 is 31.2 Å². The normalized spacial score (nSPS) is 13.1. The van der Waals surface area contributed by atoms with Crippen molar-refractivity contribution in [3.8, 4) is 0 Å². The minimum Gasteiger partial charge on any atom is -0.480 e. The lowest BCUT2D eigenvalue weighted by atomic mass is 10.1. The molecule has 0 aromatic carbocycles. The molecule has 2 unspecified atom stereocenters. The van der Waals surface area contributed by atoms with Crippen LogP contribution >= 0.6 is 21.6 Å². The van der Waals surface area contributed by atoms with Gasteiger partial charge in [-0.3, -0.25) is 9.59 Å². The van der Waals surface area contributed by atoms with Crippen LogP contribution in [0.2, 0.25) is 0 Å². The van der Waals surface area contributed by atoms with Gasteiger partial charge in [-0.05, 0) is 21.6 Å². The number of nitrogens with two attached hydrogens (primary N) is 1. The first-order valence-electron chi connectivity index (χ1n) is 7.65. The second kappa shape index (κ2) is 9.43. The van der Waals surface area contributed by atoms with E-state index in [1.165, 1.54) is 41.2 Å². The Morgan fingerprint density at radius 3 is 2.04 bits per heavy atom. The Morgan fingerprint density at radius 1 is 1.07 bits per heavy atom. The molecule has 0 spiro atoms. The van der Waals surface area contributed by atoms with Gasteiger partial charge in [-0.2, -0.15) is 0 Å². The molecule has 0 aliphatic carbocycles. The number of imidazole rings is 2. The summed E-state index contributed by atoms with van der Waals surface area (Å²) >= 11 is 0. The molecule has 0 aliphatic rings. The average Bonchev–Trinajstić information content (AvgIpc) is 3.20. The van der Waals surface area contributed by atoms with Gasteiger partial charge in [0.2, 0.25) is 5.91 Å². The average molecular weight is 414 g/mol. The Kier molecular flexibility index (Phi) is 7.27. The quantitative estimate of drug-likeness (QED) is 0.289. The molecule has 0 saturated heterocycles. The van der Waals surface area contributed by atoms with Gasteiger partial charge in [0.05, 0.1) is 24.0 Å². The molecule has 0 aliphatic heterocycles. The number of nitrogens with zero attached hydrogens (tertiary/aromatic N) is 2. The van der Waals surface area contributed by atoms with Crippen LogP contribution in [0.15, 0.2) is 22.7 Å². The molecule has 0 bridgehead atoms. The maximum atomic E-state index is 11.3. The zero-order valence-corrected chi connectivity index (χ0v) is 15.8. The second-order valence-corrected chi connectivity index (χ2v) is 7.59. The smallest absolute Gasteiger partial charge is 0.326 e. The van der Waals surface area contributed by atoms with Gasteiger partial charge in [-0.1, -0.05) is 0 Å². The lowest BCUT2D eigenvalue weighted by Gasteiger charge is -2.12. The fraction of sp³-hybridized carbons (Fsp3) is 0.357. The summed E-state index contributed by atoms with van der Waals surface area (Å²) in [6.07, 6.45) is 3.00. The zero-order chi connectivity index (χ0) is 20.0. The van der Waals surface area contributed by atoms with E-state index >= 15 is 0 Å². The predicted molar refractivity (Wildman–Crippen MR) is 97.1 cm³/mol. The molecule has 2 atom stereocenters. The van der Waals surface area contributed by atoms with Crippen molar-refractivity contribution in [2.75, 3.05) is 0 Å². The van der Waals surface area contributed by atoms with Gasteiger partial charge in [0.25, 0.3) is 0 Å². The summed E-state index contributed by atoms with van der Waals surface area (Å²) in [5.74, 6) is -2.71. The van der Waals surface area contributed by atoms with E-state index in [1.54, 1.807) is 0 Å². The molecule has 27 heavy (non-hydrogen) atoms. The number of H-pyrrole nitrogens is 2. The van der Waals surface area contributed by atoms with Crippen LogP contribution in [0.1, 0.15) is 18.3 Å². The van der Waals surface area contributed by atoms with Gasteiger partial charge in [-0.25, -0.2) is 14.8 Å². The summed E-state index contributed by atoms with van der Waals surface area (Å²) in [5.41, 5.74) is 6.68. The van der Waals surface area contributed by atoms with Crippen molar-refractivity contribution in [1.29, 1.82) is 0 Å². The largest absolute Gasteiger partial charge is 0.480 e. The van der Waals surface area contributed by atoms with E-state index < -0.39 is 29.9 Å². The molecule has 146 valence electrons. The topological polar surface area (TPSA) is 187 Å². The van der Waals surface area contributed by atoms with Gasteiger partial charge in [-0.15, -0.1) is 0 Å². The monoisotopic (exact) mass is 414 g/mol. The third kappa shape index (κ3) is 6.01. The van der Waals surface area contributed by atoms with Crippen molar-refractivity contribution in [2.45, 2.75) is 41.9 Å². The highest BCUT2D eigenvalue weighted by Gasteiger charge is 2.22. The number of carbonyl (C=O) groups is 3. The molecular formula is C14H18N6O5S2. The van der Waals surface area contributed by atoms with E-state index in [1.807, 2.05) is 0 Å². The van der Waals surface area contributed by atoms with Crippen molar-refractivity contribution in [3.63, 3.8) is 0 Å². The van der Waals surface area contributed by atoms with E-state index in [-0.39, 0.29) is 12.8 Å². The van der Waals surface area contributed by atoms with Crippen molar-refractivity contribution >= 4 is 39.4 Å². The molecule has 2 rings (SSSR count). The van der Waals surface area contributed by atoms with Gasteiger partial charge >= 0.3 is 11.9 Å². The molecule has 0 saturated carbocycles. The van der Waals surface area contributed by atoms with Crippen molar-refractivity contribution in [1.82, 2.24) is 25.3 Å². The van der Waals surface area contributed by atoms with Crippen LogP contribution in [0, 0.1) is 0 Å². The van der Waals surface area contributed by atoms with E-state index in [4.69, 9.17) is 10.8 Å². The molecule has 11 nitrogen and oxygen atoms in total. The van der Waals surface area contributed by atoms with Gasteiger partial charge in [0.15, 0.2) is 0 Å². The van der Waals surface area contributed by atoms with Crippen LogP contribution in [0.3, 0.4) is 0 Å². The highest BCUT2D eigenvalue weighted by molar-refractivity contribution is 8.76. The Balaban J connectivity index is 2.03. The molecule has 2 aromatic rings. The van der Waals surface area contributed by atoms with Crippen molar-refractivity contribution in [2.24, 2.45) is 5.73 Å². The number of aromatic amines is 2. The maximum Gasteiger partial charge on any atom is 0.326 e. The lowest BCUT2D eigenvalue weighted by Crippen LogP contribution is -2.41. The van der Waals surface area contributed by atoms with E-state index in [0.29, 0.717) is 21.4 Å². The Labute approximate surface area is 161 Å². The molecule has 0 fully saturated rings. The first-order chi connectivity index (χ1) is 12.8. The second-order valence-electron chi connectivity index (χ2n) is 5.48. The summed E-state index contributed by atoms with van der Waals surface area (Å²) in [5, 5.41) is 21.6. The molecular weight excluding hydrogens is 396 g/mol. The standard InChI is InChI=1S/C14H18N6O5S2/c1-6(21)20-10(14(24)25)3-9-12(19-5-17-9)27-26-11-8(16-4-18-11)2-7(15)13(22)23/h4-5,7,10H,2-3,15H2,1H3,(H,16,18)(H,17,19)(H,20,21)(H,22,23)(H,24,25). The Bertz CT molecular complexity index is 823. The highest BCUT2D eigenvalue weighted by Crippen LogP contribution is 2.38. The van der Waals surface area contributed by atoms with Crippen LogP contribution in [0.5, 0.6) is 0 Å². The number of carboxylic acids is 2. The molecule has 2 aromatic heterocycles. The number of carbonyl (C=O) groups excluding carboxylic acids is 1. The Hall–Kier alpha value is -2.51. The van der Waals surface area contributed by atoms with Gasteiger partial charge in [0.1, 0.15) is 22.1 Å². The molecule has 2 heterocycles. The molecule has 0 radical (unpaired) electrons. The summed E-state index contributed by atoms with van der Waals surface area (Å²) in [6.45, 7) is 1.25. The third-order valence-electron chi connectivity index (χ3n) is 3.38. The zero-order valence-electron chi connectivity index (χ0n) is 14.1. The minimum absolute atomic E-state index is 0.0368. The number of hydrogen-bond acceptors (Lipinski definition) is 8. The number of aromatic nitrogens is 4. The summed E-state index contributed by atoms with van der Waals surface area (Å²) in [4.78, 5) is 47.4. The first-order valence-corrected chi connectivity index (χ1v) is 9.80. The van der Waals surface area contributed by atoms with E-state index in [0.717, 1.165) is 0 Å². The number of hydrogen-bond donors (Lipinski definition) is 6. The minimum atomic E-state index is -1.15. The maximum absolute atomic E-state index is 11.3. The number of carboxylic acid groups (broad SMARTS) is 2. The first kappa shape index (κ1) is 20.8. The summed E-state index contributed by atoms with van der Waals surface area (Å²) < 4.78 is 0. The van der Waals surface area contributed by atoms with Gasteiger partial charge in [0, 0.05) is 19.8 Å². The van der Waals surface area contributed by atoms with Crippen LogP contribution < -0.4 is 11.1 Å². The van der Waals surface area contributed by atoms with Crippen LogP contribution in [-0.4, -0.2) is 60.1 Å².